The summed E-state index contributed by atoms with van der Waals surface area (Å²) in [6.45, 7) is 24.3. The summed E-state index contributed by atoms with van der Waals surface area (Å²) >= 11 is 0. The highest BCUT2D eigenvalue weighted by Crippen LogP contribution is 2.43. The predicted molar refractivity (Wildman–Crippen MR) is 228 cm³/mol. The normalized spacial score (nSPS) is 43.6. The summed E-state index contributed by atoms with van der Waals surface area (Å²) in [6.07, 6.45) is -7.28. The van der Waals surface area contributed by atoms with Crippen LogP contribution in [0.2, 0.25) is 0 Å². The second-order valence-electron chi connectivity index (χ2n) is 18.8. The van der Waals surface area contributed by atoms with Crippen LogP contribution in [0.3, 0.4) is 0 Å². The number of esters is 2. The molecule has 4 aliphatic heterocycles. The second kappa shape index (κ2) is 21.7. The fourth-order valence-corrected chi connectivity index (χ4v) is 10.3. The topological polar surface area (TPSA) is 199 Å². The Bertz CT molecular complexity index is 1520. The van der Waals surface area contributed by atoms with Crippen molar-refractivity contribution in [3.63, 3.8) is 0 Å². The number of cyclic esters (lactones) is 1. The van der Waals surface area contributed by atoms with Gasteiger partial charge in [0.25, 0.3) is 0 Å². The number of alkyl carbamates (subject to hydrolysis) is 1. The average Bonchev–Trinajstić information content (AvgIpc) is 3.55. The summed E-state index contributed by atoms with van der Waals surface area (Å²) in [7, 11) is 4.84. The Labute approximate surface area is 369 Å². The zero-order chi connectivity index (χ0) is 46.5. The van der Waals surface area contributed by atoms with Crippen LogP contribution in [0, 0.1) is 23.7 Å². The number of nitrogens with one attached hydrogen (secondary N) is 2. The molecule has 0 saturated carbocycles. The number of carbonyl (C=O) groups excluding carboxylic acids is 4. The lowest BCUT2D eigenvalue weighted by atomic mass is 9.73. The Morgan fingerprint density at radius 1 is 0.903 bits per heavy atom. The van der Waals surface area contributed by atoms with Gasteiger partial charge in [0.1, 0.15) is 23.6 Å². The van der Waals surface area contributed by atoms with E-state index in [0.29, 0.717) is 13.0 Å². The number of hydrogen-bond acceptors (Lipinski definition) is 16. The van der Waals surface area contributed by atoms with E-state index in [1.165, 1.54) is 7.11 Å². The number of aliphatic hydroxyl groups is 1. The van der Waals surface area contributed by atoms with E-state index in [1.807, 2.05) is 55.4 Å². The molecule has 0 aromatic carbocycles. The van der Waals surface area contributed by atoms with Crippen LogP contribution in [0.15, 0.2) is 0 Å². The number of amides is 1. The maximum absolute atomic E-state index is 14.6. The first-order valence-corrected chi connectivity index (χ1v) is 22.8. The number of methoxy groups -OCH3 is 2. The van der Waals surface area contributed by atoms with E-state index in [4.69, 9.17) is 42.6 Å². The number of fused-ring (bicyclic) bond motifs is 1. The molecule has 0 aliphatic carbocycles. The third-order valence-corrected chi connectivity index (χ3v) is 14.4. The fourth-order valence-electron chi connectivity index (χ4n) is 10.3. The highest BCUT2D eigenvalue weighted by atomic mass is 16.7. The van der Waals surface area contributed by atoms with Crippen LogP contribution in [0.4, 0.5) is 4.79 Å². The molecule has 4 saturated heterocycles. The molecule has 1 amide bonds. The Morgan fingerprint density at radius 2 is 1.53 bits per heavy atom. The lowest BCUT2D eigenvalue weighted by molar-refractivity contribution is -0.318. The van der Waals surface area contributed by atoms with Crippen molar-refractivity contribution >= 4 is 23.8 Å². The van der Waals surface area contributed by atoms with Gasteiger partial charge in [-0.25, -0.2) is 4.79 Å². The van der Waals surface area contributed by atoms with Crippen LogP contribution in [-0.4, -0.2) is 159 Å². The van der Waals surface area contributed by atoms with Crippen molar-refractivity contribution in [2.24, 2.45) is 23.7 Å². The Balaban J connectivity index is 1.80. The summed E-state index contributed by atoms with van der Waals surface area (Å²) in [5.41, 5.74) is -3.69. The zero-order valence-electron chi connectivity index (χ0n) is 40.0. The molecule has 17 nitrogen and oxygen atoms in total. The minimum absolute atomic E-state index is 0.119. The molecule has 358 valence electrons. The SMILES string of the molecule is CC[C@H]1OC(=O)[C@H](C)[C@@H](O[C@H]2C[C@@](C)(OC)C(OC(=O)CCN(CC)CC)[C@H](C)O2)[C@H](C)[C@@H](O[C@@H]2O[C@H](C)C[C@H](NC)[C@H]2O)[C@](C)(OC)C[C@@H](C)C(=O)[C@H](C)[C@H]2NC(=O)O[C@@]21C. The molecule has 0 aromatic rings. The fraction of sp³-hybridized carbons (Fsp3) is 0.911. The first-order chi connectivity index (χ1) is 29.1. The van der Waals surface area contributed by atoms with Crippen molar-refractivity contribution in [2.75, 3.05) is 40.9 Å². The van der Waals surface area contributed by atoms with Gasteiger partial charge in [-0.05, 0) is 80.9 Å². The number of hydrogen-bond donors (Lipinski definition) is 3. The summed E-state index contributed by atoms with van der Waals surface area (Å²) in [5, 5.41) is 17.6. The molecule has 4 aliphatic rings. The predicted octanol–water partition coefficient (Wildman–Crippen LogP) is 4.14. The van der Waals surface area contributed by atoms with Gasteiger partial charge in [-0.1, -0.05) is 41.5 Å². The molecule has 62 heavy (non-hydrogen) atoms. The number of nitrogens with zero attached hydrogens (tertiary/aromatic N) is 1. The number of ketones is 1. The lowest BCUT2D eigenvalue weighted by Gasteiger charge is -2.50. The zero-order valence-corrected chi connectivity index (χ0v) is 40.0. The van der Waals surface area contributed by atoms with E-state index in [9.17, 15) is 24.3 Å². The first-order valence-electron chi connectivity index (χ1n) is 22.8. The monoisotopic (exact) mass is 886 g/mol. The van der Waals surface area contributed by atoms with Crippen molar-refractivity contribution in [3.8, 4) is 0 Å². The van der Waals surface area contributed by atoms with Crippen molar-refractivity contribution < 1.29 is 66.9 Å². The van der Waals surface area contributed by atoms with E-state index in [0.717, 1.165) is 13.1 Å². The van der Waals surface area contributed by atoms with Crippen LogP contribution < -0.4 is 10.6 Å². The van der Waals surface area contributed by atoms with Gasteiger partial charge in [0.2, 0.25) is 0 Å². The summed E-state index contributed by atoms with van der Waals surface area (Å²) in [4.78, 5) is 57.3. The van der Waals surface area contributed by atoms with Crippen molar-refractivity contribution in [2.45, 2.75) is 199 Å². The molecule has 17 heteroatoms. The van der Waals surface area contributed by atoms with Crippen LogP contribution >= 0.6 is 0 Å². The van der Waals surface area contributed by atoms with Crippen molar-refractivity contribution in [1.29, 1.82) is 0 Å². The van der Waals surface area contributed by atoms with Gasteiger partial charge in [-0.3, -0.25) is 14.4 Å². The average molecular weight is 886 g/mol. The van der Waals surface area contributed by atoms with Gasteiger partial charge < -0.3 is 63.3 Å². The minimum atomic E-state index is -1.38. The third kappa shape index (κ3) is 11.3. The minimum Gasteiger partial charge on any atom is -0.458 e. The molecule has 1 unspecified atom stereocenters. The number of likely N-dealkylation sites (N-methyl/N-ethyl adjacent to an activating group) is 1. The van der Waals surface area contributed by atoms with Gasteiger partial charge in [0.05, 0.1) is 48.4 Å². The molecular formula is C45H79N3O14. The van der Waals surface area contributed by atoms with Gasteiger partial charge >= 0.3 is 18.0 Å². The number of ether oxygens (including phenoxy) is 9. The van der Waals surface area contributed by atoms with Crippen LogP contribution in [0.25, 0.3) is 0 Å². The van der Waals surface area contributed by atoms with Gasteiger partial charge in [-0.2, -0.15) is 0 Å². The largest absolute Gasteiger partial charge is 0.458 e. The molecule has 4 rings (SSSR count). The molecule has 0 radical (unpaired) electrons. The van der Waals surface area contributed by atoms with Crippen LogP contribution in [0.1, 0.15) is 115 Å². The number of Topliss-reactive ketones (excluding diaryl/α,β-unsaturated/α-hetero) is 1. The number of carbonyl (C=O) groups is 4. The smallest absolute Gasteiger partial charge is 0.408 e. The summed E-state index contributed by atoms with van der Waals surface area (Å²) < 4.78 is 57.3. The Morgan fingerprint density at radius 3 is 2.11 bits per heavy atom. The Hall–Kier alpha value is -2.48. The Kier molecular flexibility index (Phi) is 18.2. The number of rotatable bonds is 14. The first kappa shape index (κ1) is 52.1. The van der Waals surface area contributed by atoms with Gasteiger partial charge in [0.15, 0.2) is 24.3 Å². The van der Waals surface area contributed by atoms with E-state index < -0.39 is 108 Å². The molecule has 0 bridgehead atoms. The van der Waals surface area contributed by atoms with Crippen LogP contribution in [-0.2, 0) is 57.0 Å². The molecule has 3 N–H and O–H groups in total. The highest BCUT2D eigenvalue weighted by molar-refractivity contribution is 5.85. The molecule has 0 aromatic heterocycles. The quantitative estimate of drug-likeness (QED) is 0.166. The maximum atomic E-state index is 14.6. The molecule has 18 atom stereocenters. The highest BCUT2D eigenvalue weighted by Gasteiger charge is 2.58. The summed E-state index contributed by atoms with van der Waals surface area (Å²) in [5.74, 6) is -4.28. The van der Waals surface area contributed by atoms with E-state index in [-0.39, 0.29) is 49.6 Å². The standard InChI is InChI=1S/C45H79N3O14/c1-16-31-45(12)37(47-42(53)62-45)26(6)34(50)24(4)22-43(10,54-14)38(61-41-35(51)30(46-13)21-25(5)56-41)27(7)36(28(8)40(52)58-31)60-33-23-44(11,55-15)39(29(9)57-33)59-32(49)19-20-48(17-2)18-3/h24-31,33,35-39,41,46,51H,16-23H2,1-15H3,(H,47,53)/t24-,25-,26+,27+,28-,29+,30+,31-,33+,35-,36+,37-,38-,39?,41+,43-,44-,45-/m1/s1. The van der Waals surface area contributed by atoms with Gasteiger partial charge in [0, 0.05) is 51.0 Å². The van der Waals surface area contributed by atoms with Crippen molar-refractivity contribution in [1.82, 2.24) is 15.5 Å². The van der Waals surface area contributed by atoms with E-state index >= 15 is 0 Å². The van der Waals surface area contributed by atoms with Gasteiger partial charge in [-0.15, -0.1) is 0 Å². The lowest BCUT2D eigenvalue weighted by Crippen LogP contribution is -2.62. The maximum Gasteiger partial charge on any atom is 0.408 e. The molecular weight excluding hydrogens is 807 g/mol. The van der Waals surface area contributed by atoms with E-state index in [2.05, 4.69) is 15.5 Å². The van der Waals surface area contributed by atoms with Crippen LogP contribution in [0.5, 0.6) is 0 Å². The third-order valence-electron chi connectivity index (χ3n) is 14.4. The number of aliphatic hydroxyl groups excluding tert-OH is 1. The van der Waals surface area contributed by atoms with E-state index in [1.54, 1.807) is 41.9 Å². The molecule has 0 spiro atoms. The second-order valence-corrected chi connectivity index (χ2v) is 18.8. The summed E-state index contributed by atoms with van der Waals surface area (Å²) in [6, 6.07) is -1.16. The molecule has 4 heterocycles. The van der Waals surface area contributed by atoms with Crippen molar-refractivity contribution in [3.05, 3.63) is 0 Å². The molecule has 4 fully saturated rings.